The minimum Gasteiger partial charge on any atom is -0.504 e. The van der Waals surface area contributed by atoms with Gasteiger partial charge < -0.3 is 38.6 Å². The second kappa shape index (κ2) is 16.7. The lowest BCUT2D eigenvalue weighted by atomic mass is 10.1. The van der Waals surface area contributed by atoms with E-state index in [9.17, 15) is 24.6 Å². The maximum absolute atomic E-state index is 12.3. The average molecular weight is 542 g/mol. The molecule has 0 bridgehead atoms. The number of aromatic hydroxyl groups is 2. The first-order chi connectivity index (χ1) is 17.5. The summed E-state index contributed by atoms with van der Waals surface area (Å²) in [6, 6.07) is 5.14. The van der Waals surface area contributed by atoms with Crippen LogP contribution in [0.1, 0.15) is 31.7 Å². The van der Waals surface area contributed by atoms with Crippen molar-refractivity contribution in [1.29, 1.82) is 0 Å². The molecule has 1 aromatic carbocycles. The maximum atomic E-state index is 12.3. The normalized spacial score (nSPS) is 12.0. The molecule has 0 spiro atoms. The fourth-order valence-electron chi connectivity index (χ4n) is 3.03. The van der Waals surface area contributed by atoms with Crippen molar-refractivity contribution in [3.8, 4) is 11.5 Å². The van der Waals surface area contributed by atoms with E-state index in [0.29, 0.717) is 26.0 Å². The number of phenols is 2. The van der Waals surface area contributed by atoms with Crippen molar-refractivity contribution in [1.82, 2.24) is 5.32 Å². The standard InChI is InChI=1S/C25H39NO10Si/c1-18(2)25(31)35-17-20(16-34-13-6-14-37(5,32-3)33-4)36-24(30)10-9-23(29)26-12-11-19-7-8-21(27)22(28)15-19/h7-8,15,20,27-28H,1,6,9-14,16-17H2,2-5H3,(H,26,29). The van der Waals surface area contributed by atoms with Gasteiger partial charge in [0.05, 0.1) is 13.0 Å². The van der Waals surface area contributed by atoms with Gasteiger partial charge in [0.1, 0.15) is 6.61 Å². The summed E-state index contributed by atoms with van der Waals surface area (Å²) in [7, 11) is 1.03. The minimum absolute atomic E-state index is 0.0130. The molecule has 1 amide bonds. The van der Waals surface area contributed by atoms with Crippen molar-refractivity contribution < 1.29 is 47.7 Å². The average Bonchev–Trinajstić information content (AvgIpc) is 2.87. The smallest absolute Gasteiger partial charge is 0.334 e. The largest absolute Gasteiger partial charge is 0.504 e. The van der Waals surface area contributed by atoms with Crippen LogP contribution < -0.4 is 5.32 Å². The molecule has 1 aromatic rings. The maximum Gasteiger partial charge on any atom is 0.334 e. The fourth-order valence-corrected chi connectivity index (χ4v) is 4.39. The predicted molar refractivity (Wildman–Crippen MR) is 137 cm³/mol. The Morgan fingerprint density at radius 2 is 1.78 bits per heavy atom. The molecule has 12 heteroatoms. The first kappa shape index (κ1) is 32.1. The van der Waals surface area contributed by atoms with Crippen LogP contribution in [0.15, 0.2) is 30.4 Å². The molecule has 0 aliphatic heterocycles. The van der Waals surface area contributed by atoms with Crippen molar-refractivity contribution in [3.63, 3.8) is 0 Å². The van der Waals surface area contributed by atoms with E-state index in [2.05, 4.69) is 11.9 Å². The van der Waals surface area contributed by atoms with Gasteiger partial charge >= 0.3 is 20.5 Å². The van der Waals surface area contributed by atoms with E-state index in [-0.39, 0.29) is 49.0 Å². The molecule has 37 heavy (non-hydrogen) atoms. The molecule has 0 fully saturated rings. The summed E-state index contributed by atoms with van der Waals surface area (Å²) in [6.45, 7) is 7.45. The number of nitrogens with one attached hydrogen (secondary N) is 1. The van der Waals surface area contributed by atoms with E-state index in [4.69, 9.17) is 23.1 Å². The molecule has 0 saturated carbocycles. The first-order valence-corrected chi connectivity index (χ1v) is 14.5. The Morgan fingerprint density at radius 1 is 1.08 bits per heavy atom. The quantitative estimate of drug-likeness (QED) is 0.0831. The molecule has 0 aromatic heterocycles. The van der Waals surface area contributed by atoms with Crippen molar-refractivity contribution in [2.75, 3.05) is 40.6 Å². The van der Waals surface area contributed by atoms with Crippen LogP contribution in [0.5, 0.6) is 11.5 Å². The minimum atomic E-state index is -2.20. The summed E-state index contributed by atoms with van der Waals surface area (Å²) in [5.41, 5.74) is 0.951. The van der Waals surface area contributed by atoms with Gasteiger partial charge in [-0.1, -0.05) is 12.6 Å². The molecule has 1 rings (SSSR count). The molecule has 0 aliphatic rings. The lowest BCUT2D eigenvalue weighted by Crippen LogP contribution is -2.36. The number of benzene rings is 1. The highest BCUT2D eigenvalue weighted by Crippen LogP contribution is 2.24. The number of carbonyl (C=O) groups excluding carboxylic acids is 3. The number of esters is 2. The third-order valence-corrected chi connectivity index (χ3v) is 8.45. The molecular weight excluding hydrogens is 502 g/mol. The van der Waals surface area contributed by atoms with Crippen LogP contribution in [-0.2, 0) is 43.9 Å². The molecule has 3 N–H and O–H groups in total. The Bertz CT molecular complexity index is 903. The van der Waals surface area contributed by atoms with Crippen LogP contribution in [-0.4, -0.2) is 83.3 Å². The van der Waals surface area contributed by atoms with Crippen LogP contribution >= 0.6 is 0 Å². The molecule has 0 radical (unpaired) electrons. The fraction of sp³-hybridized carbons (Fsp3) is 0.560. The van der Waals surface area contributed by atoms with Gasteiger partial charge in [-0.15, -0.1) is 0 Å². The van der Waals surface area contributed by atoms with Gasteiger partial charge in [-0.05, 0) is 50.1 Å². The van der Waals surface area contributed by atoms with Gasteiger partial charge in [0.25, 0.3) is 0 Å². The lowest BCUT2D eigenvalue weighted by molar-refractivity contribution is -0.161. The monoisotopic (exact) mass is 541 g/mol. The third-order valence-electron chi connectivity index (χ3n) is 5.47. The Balaban J connectivity index is 2.44. The molecular formula is C25H39NO10Si. The zero-order chi connectivity index (χ0) is 27.8. The van der Waals surface area contributed by atoms with Crippen molar-refractivity contribution in [3.05, 3.63) is 35.9 Å². The van der Waals surface area contributed by atoms with Gasteiger partial charge in [-0.2, -0.15) is 0 Å². The first-order valence-electron chi connectivity index (χ1n) is 12.0. The second-order valence-corrected chi connectivity index (χ2v) is 12.2. The summed E-state index contributed by atoms with van der Waals surface area (Å²) >= 11 is 0. The van der Waals surface area contributed by atoms with Crippen LogP contribution in [0.2, 0.25) is 12.6 Å². The Morgan fingerprint density at radius 3 is 2.41 bits per heavy atom. The lowest BCUT2D eigenvalue weighted by Gasteiger charge is -2.23. The predicted octanol–water partition coefficient (Wildman–Crippen LogP) is 2.34. The highest BCUT2D eigenvalue weighted by Gasteiger charge is 2.28. The van der Waals surface area contributed by atoms with E-state index < -0.39 is 26.6 Å². The summed E-state index contributed by atoms with van der Waals surface area (Å²) in [6.07, 6.45) is 0.0296. The highest BCUT2D eigenvalue weighted by atomic mass is 28.4. The Labute approximate surface area is 218 Å². The van der Waals surface area contributed by atoms with Gasteiger partial charge in [-0.25, -0.2) is 4.79 Å². The van der Waals surface area contributed by atoms with E-state index in [0.717, 1.165) is 11.6 Å². The number of hydrogen-bond donors (Lipinski definition) is 3. The molecule has 1 unspecified atom stereocenters. The molecule has 0 heterocycles. The molecule has 208 valence electrons. The van der Waals surface area contributed by atoms with Crippen LogP contribution in [0.3, 0.4) is 0 Å². The third kappa shape index (κ3) is 13.3. The topological polar surface area (TPSA) is 150 Å². The van der Waals surface area contributed by atoms with Crippen LogP contribution in [0.4, 0.5) is 0 Å². The van der Waals surface area contributed by atoms with Crippen molar-refractivity contribution in [2.45, 2.75) is 51.3 Å². The summed E-state index contributed by atoms with van der Waals surface area (Å²) in [5.74, 6) is -2.03. The van der Waals surface area contributed by atoms with E-state index in [1.165, 1.54) is 19.1 Å². The summed E-state index contributed by atoms with van der Waals surface area (Å²) in [4.78, 5) is 36.1. The zero-order valence-electron chi connectivity index (χ0n) is 22.0. The number of phenolic OH excluding ortho intramolecular Hbond substituents is 2. The molecule has 0 saturated heterocycles. The number of hydrogen-bond acceptors (Lipinski definition) is 10. The summed E-state index contributed by atoms with van der Waals surface area (Å²) in [5, 5.41) is 21.5. The van der Waals surface area contributed by atoms with Gasteiger partial charge in [0.15, 0.2) is 17.6 Å². The zero-order valence-corrected chi connectivity index (χ0v) is 23.0. The number of rotatable bonds is 18. The van der Waals surface area contributed by atoms with Gasteiger partial charge in [-0.3, -0.25) is 9.59 Å². The molecule has 11 nitrogen and oxygen atoms in total. The summed E-state index contributed by atoms with van der Waals surface area (Å²) < 4.78 is 27.0. The highest BCUT2D eigenvalue weighted by molar-refractivity contribution is 6.65. The van der Waals surface area contributed by atoms with Gasteiger partial charge in [0.2, 0.25) is 5.91 Å². The van der Waals surface area contributed by atoms with E-state index in [1.807, 2.05) is 6.55 Å². The Kier molecular flexibility index (Phi) is 14.5. The van der Waals surface area contributed by atoms with Crippen LogP contribution in [0, 0.1) is 0 Å². The van der Waals surface area contributed by atoms with Crippen LogP contribution in [0.25, 0.3) is 0 Å². The number of carbonyl (C=O) groups is 3. The van der Waals surface area contributed by atoms with Crippen molar-refractivity contribution in [2.24, 2.45) is 0 Å². The SMILES string of the molecule is C=C(C)C(=O)OCC(COCCC[Si](C)(OC)OC)OC(=O)CCC(=O)NCCc1ccc(O)c(O)c1. The van der Waals surface area contributed by atoms with E-state index >= 15 is 0 Å². The molecule has 0 aliphatic carbocycles. The van der Waals surface area contributed by atoms with E-state index in [1.54, 1.807) is 20.3 Å². The molecule has 1 atom stereocenters. The second-order valence-electron chi connectivity index (χ2n) is 8.63. The number of amides is 1. The number of ether oxygens (including phenoxy) is 3. The van der Waals surface area contributed by atoms with Gasteiger partial charge in [0, 0.05) is 39.4 Å². The Hall–Kier alpha value is -2.93. The van der Waals surface area contributed by atoms with Crippen molar-refractivity contribution >= 4 is 26.4 Å².